The van der Waals surface area contributed by atoms with Gasteiger partial charge in [-0.15, -0.1) is 0 Å². The van der Waals surface area contributed by atoms with Crippen LogP contribution >= 0.6 is 11.6 Å². The summed E-state index contributed by atoms with van der Waals surface area (Å²) in [6, 6.07) is 15.8. The first-order valence-corrected chi connectivity index (χ1v) is 11.6. The summed E-state index contributed by atoms with van der Waals surface area (Å²) >= 11 is 6.42. The van der Waals surface area contributed by atoms with Gasteiger partial charge in [-0.05, 0) is 37.8 Å². The Morgan fingerprint density at radius 3 is 2.73 bits per heavy atom. The normalized spacial score (nSPS) is 26.2. The molecule has 0 radical (unpaired) electrons. The minimum atomic E-state index is -0.662. The van der Waals surface area contributed by atoms with Crippen molar-refractivity contribution in [2.75, 3.05) is 11.9 Å². The first-order valence-electron chi connectivity index (χ1n) is 11.2. The van der Waals surface area contributed by atoms with Crippen molar-refractivity contribution in [3.63, 3.8) is 0 Å². The van der Waals surface area contributed by atoms with Gasteiger partial charge in [0, 0.05) is 40.8 Å². The van der Waals surface area contributed by atoms with Crippen LogP contribution in [0.3, 0.4) is 0 Å². The Labute approximate surface area is 196 Å². The van der Waals surface area contributed by atoms with Crippen LogP contribution in [0.1, 0.15) is 20.3 Å². The Morgan fingerprint density at radius 2 is 1.91 bits per heavy atom. The number of aromatic nitrogens is 3. The lowest BCUT2D eigenvalue weighted by Gasteiger charge is -2.24. The van der Waals surface area contributed by atoms with Gasteiger partial charge in [0.1, 0.15) is 11.9 Å². The van der Waals surface area contributed by atoms with Gasteiger partial charge in [-0.2, -0.15) is 9.61 Å². The van der Waals surface area contributed by atoms with Crippen LogP contribution in [0.5, 0.6) is 0 Å². The van der Waals surface area contributed by atoms with Gasteiger partial charge in [-0.1, -0.05) is 41.9 Å². The molecule has 2 aromatic carbocycles. The molecular formula is C25H25ClN4O3. The van der Waals surface area contributed by atoms with Crippen molar-refractivity contribution in [1.82, 2.24) is 14.6 Å². The van der Waals surface area contributed by atoms with Gasteiger partial charge < -0.3 is 19.9 Å². The molecule has 2 aliphatic rings. The molecule has 4 aromatic rings. The lowest BCUT2D eigenvalue weighted by molar-refractivity contribution is -0.158. The third-order valence-corrected chi connectivity index (χ3v) is 6.98. The maximum Gasteiger partial charge on any atom is 0.163 e. The molecule has 8 heteroatoms. The summed E-state index contributed by atoms with van der Waals surface area (Å²) in [4.78, 5) is 4.52. The highest BCUT2D eigenvalue weighted by atomic mass is 35.5. The third-order valence-electron chi connectivity index (χ3n) is 6.65. The van der Waals surface area contributed by atoms with E-state index >= 15 is 0 Å². The molecule has 1 aliphatic carbocycles. The highest BCUT2D eigenvalue weighted by Crippen LogP contribution is 2.42. The number of aliphatic hydroxyl groups is 1. The molecule has 2 N–H and O–H groups in total. The summed E-state index contributed by atoms with van der Waals surface area (Å²) in [6.45, 7) is 3.90. The molecule has 0 amide bonds. The summed E-state index contributed by atoms with van der Waals surface area (Å²) < 4.78 is 14.1. The van der Waals surface area contributed by atoms with E-state index in [2.05, 4.69) is 16.4 Å². The number of rotatable bonds is 4. The standard InChI is InChI=1S/C25H25ClN4O3/c1-25(2)32-23-14(13-31)11-20(24(23)33-25)28-21-9-10-27-22-12-19(29-30(21)22)17-7-8-18(26)16-6-4-3-5-15(16)17/h3-10,12,14,20,23-24,28,31H,11,13H2,1-2H3/t14-,20-,23-,24+/m1/s1. The fraction of sp³-hybridized carbons (Fsp3) is 0.360. The number of hydrogen-bond acceptors (Lipinski definition) is 6. The first kappa shape index (κ1) is 20.9. The Bertz CT molecular complexity index is 1350. The lowest BCUT2D eigenvalue weighted by Crippen LogP contribution is -2.35. The predicted molar refractivity (Wildman–Crippen MR) is 127 cm³/mol. The number of hydrogen-bond donors (Lipinski definition) is 2. The topological polar surface area (TPSA) is 80.9 Å². The molecule has 33 heavy (non-hydrogen) atoms. The van der Waals surface area contributed by atoms with Crippen molar-refractivity contribution in [3.05, 3.63) is 59.8 Å². The predicted octanol–water partition coefficient (Wildman–Crippen LogP) is 4.52. The Balaban J connectivity index is 1.38. The van der Waals surface area contributed by atoms with Crippen LogP contribution in [0.2, 0.25) is 5.02 Å². The van der Waals surface area contributed by atoms with Crippen molar-refractivity contribution in [1.29, 1.82) is 0 Å². The maximum atomic E-state index is 9.87. The average molecular weight is 465 g/mol. The molecule has 0 spiro atoms. The number of fused-ring (bicyclic) bond motifs is 3. The lowest BCUT2D eigenvalue weighted by atomic mass is 10.0. The van der Waals surface area contributed by atoms with Crippen LogP contribution in [0.25, 0.3) is 27.7 Å². The average Bonchev–Trinajstić information content (AvgIpc) is 3.46. The zero-order valence-electron chi connectivity index (χ0n) is 18.4. The minimum absolute atomic E-state index is 0.0106. The van der Waals surface area contributed by atoms with Gasteiger partial charge in [-0.25, -0.2) is 4.98 Å². The third kappa shape index (κ3) is 3.47. The number of halogens is 1. The van der Waals surface area contributed by atoms with Gasteiger partial charge in [0.2, 0.25) is 0 Å². The largest absolute Gasteiger partial charge is 0.396 e. The summed E-state index contributed by atoms with van der Waals surface area (Å²) in [7, 11) is 0. The fourth-order valence-corrected chi connectivity index (χ4v) is 5.45. The van der Waals surface area contributed by atoms with Crippen LogP contribution in [-0.2, 0) is 9.47 Å². The van der Waals surface area contributed by atoms with E-state index in [-0.39, 0.29) is 30.8 Å². The number of nitrogens with one attached hydrogen (secondary N) is 1. The van der Waals surface area contributed by atoms with Crippen molar-refractivity contribution in [3.8, 4) is 11.3 Å². The summed E-state index contributed by atoms with van der Waals surface area (Å²) in [5.41, 5.74) is 2.57. The molecule has 2 fully saturated rings. The van der Waals surface area contributed by atoms with E-state index in [0.717, 1.165) is 44.9 Å². The maximum absolute atomic E-state index is 9.87. The summed E-state index contributed by atoms with van der Waals surface area (Å²) in [5, 5.41) is 21.1. The monoisotopic (exact) mass is 464 g/mol. The summed E-state index contributed by atoms with van der Waals surface area (Å²) in [5.74, 6) is 0.186. The molecule has 2 aromatic heterocycles. The van der Waals surface area contributed by atoms with E-state index in [1.165, 1.54) is 0 Å². The second kappa shape index (κ2) is 7.67. The van der Waals surface area contributed by atoms with E-state index in [9.17, 15) is 5.11 Å². The minimum Gasteiger partial charge on any atom is -0.396 e. The van der Waals surface area contributed by atoms with Gasteiger partial charge >= 0.3 is 0 Å². The molecule has 1 aliphatic heterocycles. The van der Waals surface area contributed by atoms with Crippen LogP contribution in [-0.4, -0.2) is 50.3 Å². The SMILES string of the molecule is CC1(C)O[C@@H]2[C@@H](CO)C[C@@H](Nc3ccnc4cc(-c5ccc(Cl)c6ccccc56)nn34)[C@@H]2O1. The smallest absolute Gasteiger partial charge is 0.163 e. The number of nitrogens with zero attached hydrogens (tertiary/aromatic N) is 3. The van der Waals surface area contributed by atoms with Crippen molar-refractivity contribution >= 4 is 33.8 Å². The molecule has 0 bridgehead atoms. The van der Waals surface area contributed by atoms with Gasteiger partial charge in [0.15, 0.2) is 11.4 Å². The van der Waals surface area contributed by atoms with Crippen LogP contribution in [0.4, 0.5) is 5.82 Å². The van der Waals surface area contributed by atoms with Crippen LogP contribution in [0, 0.1) is 5.92 Å². The molecule has 6 rings (SSSR count). The van der Waals surface area contributed by atoms with Gasteiger partial charge in [0.05, 0.1) is 17.8 Å². The zero-order valence-corrected chi connectivity index (χ0v) is 19.2. The molecule has 1 saturated carbocycles. The van der Waals surface area contributed by atoms with Crippen molar-refractivity contribution < 1.29 is 14.6 Å². The van der Waals surface area contributed by atoms with Gasteiger partial charge in [-0.3, -0.25) is 0 Å². The fourth-order valence-electron chi connectivity index (χ4n) is 5.22. The second-order valence-corrected chi connectivity index (χ2v) is 9.67. The van der Waals surface area contributed by atoms with E-state index in [4.69, 9.17) is 26.2 Å². The Hall–Kier alpha value is -2.71. The molecular weight excluding hydrogens is 440 g/mol. The highest BCUT2D eigenvalue weighted by molar-refractivity contribution is 6.36. The van der Waals surface area contributed by atoms with Crippen molar-refractivity contribution in [2.45, 2.75) is 44.3 Å². The molecule has 3 heterocycles. The Kier molecular flexibility index (Phi) is 4.85. The first-order chi connectivity index (χ1) is 15.9. The number of benzene rings is 2. The van der Waals surface area contributed by atoms with E-state index in [0.29, 0.717) is 0 Å². The zero-order chi connectivity index (χ0) is 22.7. The molecule has 4 atom stereocenters. The quantitative estimate of drug-likeness (QED) is 0.462. The van der Waals surface area contributed by atoms with Crippen molar-refractivity contribution in [2.24, 2.45) is 5.92 Å². The number of aliphatic hydroxyl groups excluding tert-OH is 1. The number of ether oxygens (including phenoxy) is 2. The molecule has 7 nitrogen and oxygen atoms in total. The van der Waals surface area contributed by atoms with Crippen LogP contribution < -0.4 is 5.32 Å². The van der Waals surface area contributed by atoms with Crippen LogP contribution in [0.15, 0.2) is 54.7 Å². The van der Waals surface area contributed by atoms with Gasteiger partial charge in [0.25, 0.3) is 0 Å². The second-order valence-electron chi connectivity index (χ2n) is 9.26. The molecule has 170 valence electrons. The van der Waals surface area contributed by atoms with E-state index in [1.807, 2.05) is 60.8 Å². The Morgan fingerprint density at radius 1 is 1.12 bits per heavy atom. The highest BCUT2D eigenvalue weighted by Gasteiger charge is 2.53. The molecule has 0 unspecified atom stereocenters. The summed E-state index contributed by atoms with van der Waals surface area (Å²) in [6.07, 6.45) is 2.25. The van der Waals surface area contributed by atoms with E-state index < -0.39 is 5.79 Å². The van der Waals surface area contributed by atoms with E-state index in [1.54, 1.807) is 6.20 Å². The number of anilines is 1. The molecule has 1 saturated heterocycles.